The lowest BCUT2D eigenvalue weighted by Gasteiger charge is -2.09. The van der Waals surface area contributed by atoms with Crippen molar-refractivity contribution in [3.63, 3.8) is 0 Å². The molecule has 0 aliphatic carbocycles. The van der Waals surface area contributed by atoms with E-state index < -0.39 is 6.03 Å². The number of amides is 2. The quantitative estimate of drug-likeness (QED) is 0.642. The molecule has 0 bridgehead atoms. The summed E-state index contributed by atoms with van der Waals surface area (Å²) in [4.78, 5) is 12.1. The van der Waals surface area contributed by atoms with Crippen LogP contribution in [0.4, 0.5) is 15.6 Å². The molecule has 2 aromatic carbocycles. The predicted molar refractivity (Wildman–Crippen MR) is 103 cm³/mol. The van der Waals surface area contributed by atoms with E-state index >= 15 is 0 Å². The van der Waals surface area contributed by atoms with Crippen LogP contribution in [0.25, 0.3) is 0 Å². The summed E-state index contributed by atoms with van der Waals surface area (Å²) in [6, 6.07) is 13.9. The highest BCUT2D eigenvalue weighted by Gasteiger charge is 2.11. The highest BCUT2D eigenvalue weighted by Crippen LogP contribution is 2.24. The number of aromatic nitrogens is 2. The van der Waals surface area contributed by atoms with Gasteiger partial charge in [-0.3, -0.25) is 5.32 Å². The smallest absolute Gasteiger partial charge is 0.325 e. The molecule has 3 aromatic rings. The number of rotatable bonds is 7. The van der Waals surface area contributed by atoms with Crippen molar-refractivity contribution >= 4 is 28.2 Å². The van der Waals surface area contributed by atoms with Crippen LogP contribution >= 0.6 is 11.3 Å². The third kappa shape index (κ3) is 5.08. The summed E-state index contributed by atoms with van der Waals surface area (Å²) in [5.41, 5.74) is 0.560. The molecule has 0 fully saturated rings. The molecule has 0 spiro atoms. The van der Waals surface area contributed by atoms with Gasteiger partial charge in [0.25, 0.3) is 0 Å². The van der Waals surface area contributed by atoms with Crippen molar-refractivity contribution in [2.24, 2.45) is 0 Å². The fraction of sp³-hybridized carbons (Fsp3) is 0.167. The molecule has 1 aromatic heterocycles. The van der Waals surface area contributed by atoms with Crippen molar-refractivity contribution in [1.29, 1.82) is 0 Å². The van der Waals surface area contributed by atoms with Gasteiger partial charge in [-0.05, 0) is 36.4 Å². The molecule has 2 amide bonds. The van der Waals surface area contributed by atoms with E-state index in [1.807, 2.05) is 18.2 Å². The Balaban J connectivity index is 1.53. The molecule has 27 heavy (non-hydrogen) atoms. The summed E-state index contributed by atoms with van der Waals surface area (Å²) in [6.45, 7) is 0.250. The monoisotopic (exact) mass is 386 g/mol. The number of ether oxygens (including phenoxy) is 3. The largest absolute Gasteiger partial charge is 0.497 e. The molecule has 0 radical (unpaired) electrons. The molecule has 0 saturated carbocycles. The second-order valence-electron chi connectivity index (χ2n) is 5.24. The number of nitrogens with one attached hydrogen (secondary N) is 2. The van der Waals surface area contributed by atoms with E-state index in [2.05, 4.69) is 20.8 Å². The number of benzene rings is 2. The lowest BCUT2D eigenvalue weighted by atomic mass is 10.3. The molecule has 0 saturated heterocycles. The molecular weight excluding hydrogens is 368 g/mol. The van der Waals surface area contributed by atoms with Gasteiger partial charge in [-0.1, -0.05) is 23.5 Å². The lowest BCUT2D eigenvalue weighted by molar-refractivity contribution is 0.262. The number of methoxy groups -OCH3 is 2. The first-order valence-corrected chi connectivity index (χ1v) is 8.80. The molecule has 0 aliphatic rings. The summed E-state index contributed by atoms with van der Waals surface area (Å²) in [7, 11) is 3.15. The van der Waals surface area contributed by atoms with Crippen LogP contribution in [0.15, 0.2) is 48.5 Å². The Hall–Kier alpha value is -3.33. The topological polar surface area (TPSA) is 94.6 Å². The second-order valence-corrected chi connectivity index (χ2v) is 6.31. The predicted octanol–water partition coefficient (Wildman–Crippen LogP) is 3.78. The van der Waals surface area contributed by atoms with Crippen LogP contribution in [0, 0.1) is 0 Å². The molecule has 0 atom stereocenters. The average Bonchev–Trinajstić information content (AvgIpc) is 3.14. The second kappa shape index (κ2) is 8.86. The van der Waals surface area contributed by atoms with Crippen molar-refractivity contribution in [2.45, 2.75) is 6.61 Å². The zero-order chi connectivity index (χ0) is 19.1. The van der Waals surface area contributed by atoms with Crippen molar-refractivity contribution in [1.82, 2.24) is 10.2 Å². The van der Waals surface area contributed by atoms with Crippen LogP contribution in [0.3, 0.4) is 0 Å². The number of hydrogen-bond donors (Lipinski definition) is 2. The van der Waals surface area contributed by atoms with Crippen molar-refractivity contribution in [2.75, 3.05) is 24.9 Å². The number of carbonyl (C=O) groups is 1. The first-order chi connectivity index (χ1) is 13.2. The van der Waals surface area contributed by atoms with Gasteiger partial charge in [0.2, 0.25) is 5.13 Å². The van der Waals surface area contributed by atoms with Gasteiger partial charge in [0.15, 0.2) is 5.01 Å². The Morgan fingerprint density at radius 2 is 1.70 bits per heavy atom. The number of anilines is 2. The van der Waals surface area contributed by atoms with E-state index in [1.165, 1.54) is 18.4 Å². The minimum atomic E-state index is -0.432. The number of urea groups is 1. The van der Waals surface area contributed by atoms with E-state index in [0.717, 1.165) is 5.75 Å². The summed E-state index contributed by atoms with van der Waals surface area (Å²) in [6.07, 6.45) is 0. The lowest BCUT2D eigenvalue weighted by Crippen LogP contribution is -2.19. The highest BCUT2D eigenvalue weighted by atomic mass is 32.1. The van der Waals surface area contributed by atoms with Crippen LogP contribution < -0.4 is 24.8 Å². The number of hydrogen-bond acceptors (Lipinski definition) is 7. The first kappa shape index (κ1) is 18.5. The van der Waals surface area contributed by atoms with Gasteiger partial charge in [0.05, 0.1) is 19.9 Å². The van der Waals surface area contributed by atoms with Gasteiger partial charge in [-0.15, -0.1) is 10.2 Å². The number of carbonyl (C=O) groups excluding carboxylic acids is 1. The third-order valence-corrected chi connectivity index (χ3v) is 4.28. The van der Waals surface area contributed by atoms with E-state index in [1.54, 1.807) is 37.4 Å². The first-order valence-electron chi connectivity index (χ1n) is 7.98. The fourth-order valence-electron chi connectivity index (χ4n) is 2.18. The van der Waals surface area contributed by atoms with Gasteiger partial charge in [0, 0.05) is 0 Å². The van der Waals surface area contributed by atoms with Crippen molar-refractivity contribution in [3.8, 4) is 17.2 Å². The molecule has 0 unspecified atom stereocenters. The normalized spacial score (nSPS) is 10.1. The van der Waals surface area contributed by atoms with Gasteiger partial charge in [-0.25, -0.2) is 4.79 Å². The van der Waals surface area contributed by atoms with Gasteiger partial charge in [0.1, 0.15) is 23.9 Å². The van der Waals surface area contributed by atoms with Gasteiger partial charge < -0.3 is 19.5 Å². The summed E-state index contributed by atoms with van der Waals surface area (Å²) >= 11 is 1.23. The van der Waals surface area contributed by atoms with Gasteiger partial charge in [-0.2, -0.15) is 0 Å². The Labute approximate surface area is 160 Å². The summed E-state index contributed by atoms with van der Waals surface area (Å²) in [5.74, 6) is 2.01. The molecule has 140 valence electrons. The Morgan fingerprint density at radius 1 is 0.963 bits per heavy atom. The summed E-state index contributed by atoms with van der Waals surface area (Å²) < 4.78 is 15.9. The number of nitrogens with zero attached hydrogens (tertiary/aromatic N) is 2. The molecular formula is C18H18N4O4S. The zero-order valence-electron chi connectivity index (χ0n) is 14.8. The summed E-state index contributed by atoms with van der Waals surface area (Å²) in [5, 5.41) is 14.3. The Kier molecular flexibility index (Phi) is 6.06. The maximum atomic E-state index is 12.1. The fourth-order valence-corrected chi connectivity index (χ4v) is 2.83. The van der Waals surface area contributed by atoms with Crippen LogP contribution in [0.1, 0.15) is 5.01 Å². The zero-order valence-corrected chi connectivity index (χ0v) is 15.6. The van der Waals surface area contributed by atoms with Crippen LogP contribution in [-0.2, 0) is 6.61 Å². The van der Waals surface area contributed by atoms with Crippen LogP contribution in [0.5, 0.6) is 17.2 Å². The SMILES string of the molecule is COc1ccc(OCc2nnc(NC(=O)Nc3ccccc3OC)s2)cc1. The van der Waals surface area contributed by atoms with Crippen molar-refractivity contribution in [3.05, 3.63) is 53.5 Å². The minimum Gasteiger partial charge on any atom is -0.497 e. The van der Waals surface area contributed by atoms with Crippen molar-refractivity contribution < 1.29 is 19.0 Å². The van der Waals surface area contributed by atoms with E-state index in [9.17, 15) is 4.79 Å². The maximum absolute atomic E-state index is 12.1. The maximum Gasteiger partial charge on any atom is 0.325 e. The Bertz CT molecular complexity index is 898. The van der Waals surface area contributed by atoms with Gasteiger partial charge >= 0.3 is 6.03 Å². The average molecular weight is 386 g/mol. The highest BCUT2D eigenvalue weighted by molar-refractivity contribution is 7.15. The number of para-hydroxylation sites is 2. The minimum absolute atomic E-state index is 0.250. The van der Waals surface area contributed by atoms with Crippen LogP contribution in [0.2, 0.25) is 0 Å². The van der Waals surface area contributed by atoms with Crippen LogP contribution in [-0.4, -0.2) is 30.4 Å². The van der Waals surface area contributed by atoms with E-state index in [4.69, 9.17) is 14.2 Å². The van der Waals surface area contributed by atoms with E-state index in [-0.39, 0.29) is 6.61 Å². The molecule has 9 heteroatoms. The molecule has 0 aliphatic heterocycles. The standard InChI is InChI=1S/C18H18N4O4S/c1-24-12-7-9-13(10-8-12)26-11-16-21-22-18(27-16)20-17(23)19-14-5-3-4-6-15(14)25-2/h3-10H,11H2,1-2H3,(H2,19,20,22,23). The molecule has 8 nitrogen and oxygen atoms in total. The molecule has 3 rings (SSSR count). The Morgan fingerprint density at radius 3 is 2.44 bits per heavy atom. The van der Waals surface area contributed by atoms with E-state index in [0.29, 0.717) is 27.3 Å². The molecule has 2 N–H and O–H groups in total. The third-order valence-electron chi connectivity index (χ3n) is 3.46. The molecule has 1 heterocycles.